The van der Waals surface area contributed by atoms with Gasteiger partial charge in [-0.1, -0.05) is 42.2 Å². The molecule has 0 spiro atoms. The summed E-state index contributed by atoms with van der Waals surface area (Å²) in [5, 5.41) is 10.7. The zero-order valence-electron chi connectivity index (χ0n) is 22.1. The first-order valence-corrected chi connectivity index (χ1v) is 13.0. The summed E-state index contributed by atoms with van der Waals surface area (Å²) in [7, 11) is 0. The number of pyridine rings is 3. The molecule has 0 bridgehead atoms. The number of carbonyl (C=O) groups excluding carboxylic acids is 2. The number of aryl methyl sites for hydroxylation is 1. The number of aromatic nitrogens is 3. The van der Waals surface area contributed by atoms with Crippen molar-refractivity contribution in [1.82, 2.24) is 14.5 Å². The van der Waals surface area contributed by atoms with Crippen LogP contribution in [0.3, 0.4) is 0 Å². The summed E-state index contributed by atoms with van der Waals surface area (Å²) in [6.45, 7) is 8.49. The molecule has 3 heterocycles. The number of fused-ring (bicyclic) bond motifs is 1. The molecule has 10 nitrogen and oxygen atoms in total. The van der Waals surface area contributed by atoms with Crippen LogP contribution in [0.2, 0.25) is 15.3 Å². The fourth-order valence-electron chi connectivity index (χ4n) is 3.17. The Morgan fingerprint density at radius 3 is 2.20 bits per heavy atom. The summed E-state index contributed by atoms with van der Waals surface area (Å²) in [5.41, 5.74) is 0.228. The van der Waals surface area contributed by atoms with Crippen molar-refractivity contribution in [2.75, 3.05) is 19.8 Å². The average Bonchev–Trinajstić information content (AvgIpc) is 2.91. The molecule has 3 rings (SSSR count). The van der Waals surface area contributed by atoms with Crippen molar-refractivity contribution in [3.8, 4) is 0 Å². The Morgan fingerprint density at radius 1 is 1.00 bits per heavy atom. The van der Waals surface area contributed by atoms with E-state index in [0.717, 1.165) is 0 Å². The molecule has 0 atom stereocenters. The summed E-state index contributed by atoms with van der Waals surface area (Å²) in [4.78, 5) is 47.7. The molecule has 0 amide bonds. The Hall–Kier alpha value is -2.78. The number of nitrogens with zero attached hydrogens (tertiary/aromatic N) is 4. The molecule has 3 aromatic heterocycles. The monoisotopic (exact) mass is 796 g/mol. The molecule has 0 aliphatic rings. The number of aliphatic hydroxyl groups is 1. The van der Waals surface area contributed by atoms with Gasteiger partial charge in [-0.3, -0.25) is 9.79 Å². The second-order valence-electron chi connectivity index (χ2n) is 7.46. The van der Waals surface area contributed by atoms with Gasteiger partial charge in [0, 0.05) is 46.6 Å². The predicted octanol–water partition coefficient (Wildman–Crippen LogP) is 6.19. The number of aliphatic hydroxyl groups excluding tert-OH is 1. The van der Waals surface area contributed by atoms with Gasteiger partial charge >= 0.3 is 11.9 Å². The minimum Gasteiger partial charge on any atom is -0.505 e. The number of rotatable bonds is 8. The first-order chi connectivity index (χ1) is 18.6. The molecule has 0 unspecified atom stereocenters. The van der Waals surface area contributed by atoms with Crippen LogP contribution in [-0.2, 0) is 41.9 Å². The first-order valence-electron chi connectivity index (χ1n) is 11.9. The number of ether oxygens (including phenoxy) is 2. The third-order valence-corrected chi connectivity index (χ3v) is 5.65. The van der Waals surface area contributed by atoms with E-state index in [2.05, 4.69) is 15.0 Å². The number of aliphatic imine (C=N–C) groups is 1. The van der Waals surface area contributed by atoms with Gasteiger partial charge in [-0.2, -0.15) is 0 Å². The second kappa shape index (κ2) is 18.6. The van der Waals surface area contributed by atoms with E-state index in [4.69, 9.17) is 44.3 Å². The molecular formula is C27H31Cl3N4O6W. The second-order valence-corrected chi connectivity index (χ2v) is 8.64. The number of hydrogen-bond donors (Lipinski definition) is 1. The van der Waals surface area contributed by atoms with Gasteiger partial charge in [-0.15, -0.1) is 0 Å². The molecule has 0 aromatic carbocycles. The Morgan fingerprint density at radius 2 is 1.61 bits per heavy atom. The van der Waals surface area contributed by atoms with Crippen molar-refractivity contribution >= 4 is 69.7 Å². The van der Waals surface area contributed by atoms with E-state index in [1.54, 1.807) is 37.5 Å². The minimum atomic E-state index is -0.708. The zero-order valence-corrected chi connectivity index (χ0v) is 27.3. The predicted molar refractivity (Wildman–Crippen MR) is 159 cm³/mol. The zero-order chi connectivity index (χ0) is 29.1. The van der Waals surface area contributed by atoms with Crippen LogP contribution in [0, 0.1) is 0 Å². The van der Waals surface area contributed by atoms with E-state index in [9.17, 15) is 19.5 Å². The minimum absolute atomic E-state index is 0. The topological polar surface area (TPSA) is 133 Å². The standard InChI is InChI=1S/C13H14Cl2N2O3.C13H13ClN2O3.CH4.W/c1-3-16-7-8(13(19)20-4-2)12(18)11-9(14)5-6-10(15)17-11;1-3-16-7-8(13(18)19-4-2)12(17)11-9(16)5-6-10(14)15-11;;/h5-7,18H,3-4H2,1-2H3;5-7H,3-4H2,1-2H3;1H4;. The molecule has 0 saturated heterocycles. The molecule has 0 saturated carbocycles. The molecular weight excluding hydrogens is 767 g/mol. The van der Waals surface area contributed by atoms with Gasteiger partial charge in [0.25, 0.3) is 0 Å². The van der Waals surface area contributed by atoms with Gasteiger partial charge in [-0.25, -0.2) is 19.6 Å². The van der Waals surface area contributed by atoms with E-state index >= 15 is 0 Å². The van der Waals surface area contributed by atoms with E-state index in [1.165, 1.54) is 24.5 Å². The van der Waals surface area contributed by atoms with E-state index < -0.39 is 23.1 Å². The van der Waals surface area contributed by atoms with Crippen LogP contribution in [-0.4, -0.2) is 57.6 Å². The molecule has 0 aliphatic heterocycles. The van der Waals surface area contributed by atoms with Gasteiger partial charge < -0.3 is 19.1 Å². The number of halogens is 3. The van der Waals surface area contributed by atoms with E-state index in [-0.39, 0.29) is 79.4 Å². The summed E-state index contributed by atoms with van der Waals surface area (Å²) in [5.74, 6) is -1.77. The maximum Gasteiger partial charge on any atom is 0.343 e. The van der Waals surface area contributed by atoms with Crippen LogP contribution in [0.5, 0.6) is 0 Å². The molecule has 0 aliphatic carbocycles. The van der Waals surface area contributed by atoms with Crippen LogP contribution in [0.15, 0.2) is 45.8 Å². The Balaban J connectivity index is 0.000000745. The molecule has 0 radical (unpaired) electrons. The number of esters is 2. The van der Waals surface area contributed by atoms with Crippen LogP contribution in [0.25, 0.3) is 16.8 Å². The molecule has 3 aromatic rings. The fourth-order valence-corrected chi connectivity index (χ4v) is 3.66. The number of carbonyl (C=O) groups is 2. The van der Waals surface area contributed by atoms with E-state index in [1.807, 2.05) is 6.92 Å². The van der Waals surface area contributed by atoms with Gasteiger partial charge in [0.15, 0.2) is 5.76 Å². The van der Waals surface area contributed by atoms with Crippen molar-refractivity contribution < 1.29 is 45.2 Å². The van der Waals surface area contributed by atoms with Crippen LogP contribution >= 0.6 is 34.8 Å². The maximum absolute atomic E-state index is 12.2. The first kappa shape index (κ1) is 38.2. The van der Waals surface area contributed by atoms with Crippen LogP contribution in [0.1, 0.15) is 51.2 Å². The number of hydrogen-bond acceptors (Lipinski definition) is 9. The maximum atomic E-state index is 12.2. The van der Waals surface area contributed by atoms with Crippen molar-refractivity contribution in [2.24, 2.45) is 4.99 Å². The average molecular weight is 798 g/mol. The van der Waals surface area contributed by atoms with Gasteiger partial charge in [0.05, 0.1) is 23.8 Å². The Bertz CT molecular complexity index is 1480. The molecule has 41 heavy (non-hydrogen) atoms. The quantitative estimate of drug-likeness (QED) is 0.0939. The van der Waals surface area contributed by atoms with Gasteiger partial charge in [0.1, 0.15) is 32.7 Å². The van der Waals surface area contributed by atoms with E-state index in [0.29, 0.717) is 18.6 Å². The third-order valence-electron chi connectivity index (χ3n) is 4.92. The molecule has 222 valence electrons. The summed E-state index contributed by atoms with van der Waals surface area (Å²) in [6.07, 6.45) is 2.73. The molecule has 1 N–H and O–H groups in total. The summed E-state index contributed by atoms with van der Waals surface area (Å²) >= 11 is 17.5. The van der Waals surface area contributed by atoms with Crippen LogP contribution in [0.4, 0.5) is 0 Å². The normalized spacial score (nSPS) is 11.0. The van der Waals surface area contributed by atoms with Gasteiger partial charge in [-0.05, 0) is 52.0 Å². The van der Waals surface area contributed by atoms with Crippen molar-refractivity contribution in [1.29, 1.82) is 0 Å². The van der Waals surface area contributed by atoms with Crippen molar-refractivity contribution in [3.05, 3.63) is 72.8 Å². The Kier molecular flexibility index (Phi) is 17.3. The third kappa shape index (κ3) is 10.2. The largest absolute Gasteiger partial charge is 0.505 e. The fraction of sp³-hybridized carbons (Fsp3) is 0.333. The smallest absolute Gasteiger partial charge is 0.343 e. The Labute approximate surface area is 267 Å². The SMILES string of the molecule is C.CCN=CC(C(=O)OCC)=C(O)c1nc(Cl)ccc1Cl.CCOC(=O)c1cn(CC)c2ccc(Cl)nc2c1=O.[W]. The van der Waals surface area contributed by atoms with Crippen molar-refractivity contribution in [2.45, 2.75) is 41.7 Å². The molecule has 14 heteroatoms. The summed E-state index contributed by atoms with van der Waals surface area (Å²) < 4.78 is 11.5. The molecule has 0 fully saturated rings. The summed E-state index contributed by atoms with van der Waals surface area (Å²) in [6, 6.07) is 6.27. The van der Waals surface area contributed by atoms with Crippen LogP contribution < -0.4 is 5.43 Å². The van der Waals surface area contributed by atoms with Gasteiger partial charge in [0.2, 0.25) is 5.43 Å². The van der Waals surface area contributed by atoms with Crippen molar-refractivity contribution in [3.63, 3.8) is 0 Å².